The molecule has 114 valence electrons. The maximum atomic E-state index is 11.7. The summed E-state index contributed by atoms with van der Waals surface area (Å²) in [4.78, 5) is 0. The molecular formula is C14H30N2O2S. The van der Waals surface area contributed by atoms with Crippen LogP contribution in [-0.2, 0) is 10.0 Å². The molecule has 4 nitrogen and oxygen atoms in total. The SMILES string of the molecule is CCCNCCCS(=O)(=O)NCCCC1CCCC1. The minimum atomic E-state index is -3.05. The lowest BCUT2D eigenvalue weighted by molar-refractivity contribution is 0.480. The molecule has 0 unspecified atom stereocenters. The predicted molar refractivity (Wildman–Crippen MR) is 80.8 cm³/mol. The number of rotatable bonds is 11. The van der Waals surface area contributed by atoms with E-state index in [2.05, 4.69) is 17.0 Å². The molecule has 19 heavy (non-hydrogen) atoms. The maximum absolute atomic E-state index is 11.7. The molecule has 0 spiro atoms. The summed E-state index contributed by atoms with van der Waals surface area (Å²) in [7, 11) is -3.05. The van der Waals surface area contributed by atoms with Gasteiger partial charge in [-0.15, -0.1) is 0 Å². The van der Waals surface area contributed by atoms with E-state index in [4.69, 9.17) is 0 Å². The molecule has 5 heteroatoms. The van der Waals surface area contributed by atoms with Gasteiger partial charge in [0.25, 0.3) is 0 Å². The molecule has 0 heterocycles. The molecule has 1 fully saturated rings. The smallest absolute Gasteiger partial charge is 0.211 e. The van der Waals surface area contributed by atoms with Crippen molar-refractivity contribution in [1.82, 2.24) is 10.0 Å². The highest BCUT2D eigenvalue weighted by molar-refractivity contribution is 7.89. The summed E-state index contributed by atoms with van der Waals surface area (Å²) >= 11 is 0. The van der Waals surface area contributed by atoms with Crippen LogP contribution in [0.1, 0.15) is 58.3 Å². The topological polar surface area (TPSA) is 58.2 Å². The Morgan fingerprint density at radius 3 is 2.47 bits per heavy atom. The van der Waals surface area contributed by atoms with E-state index < -0.39 is 10.0 Å². The van der Waals surface area contributed by atoms with Gasteiger partial charge in [-0.2, -0.15) is 0 Å². The third-order valence-corrected chi connectivity index (χ3v) is 5.25. The third kappa shape index (κ3) is 8.60. The molecule has 0 aromatic rings. The van der Waals surface area contributed by atoms with Crippen molar-refractivity contribution in [2.45, 2.75) is 58.3 Å². The second-order valence-electron chi connectivity index (χ2n) is 5.61. The molecule has 1 saturated carbocycles. The molecule has 1 rings (SSSR count). The Labute approximate surface area is 118 Å². The number of nitrogens with one attached hydrogen (secondary N) is 2. The summed E-state index contributed by atoms with van der Waals surface area (Å²) in [6, 6.07) is 0. The molecule has 0 aliphatic heterocycles. The van der Waals surface area contributed by atoms with Gasteiger partial charge in [0.2, 0.25) is 10.0 Å². The van der Waals surface area contributed by atoms with Crippen LogP contribution in [0.3, 0.4) is 0 Å². The zero-order chi connectivity index (χ0) is 14.0. The molecule has 0 radical (unpaired) electrons. The Bertz CT molecular complexity index is 311. The van der Waals surface area contributed by atoms with Crippen molar-refractivity contribution in [3.8, 4) is 0 Å². The zero-order valence-electron chi connectivity index (χ0n) is 12.3. The van der Waals surface area contributed by atoms with Gasteiger partial charge in [-0.1, -0.05) is 32.6 Å². The van der Waals surface area contributed by atoms with Crippen LogP contribution in [0.2, 0.25) is 0 Å². The molecule has 0 bridgehead atoms. The highest BCUT2D eigenvalue weighted by Crippen LogP contribution is 2.28. The maximum Gasteiger partial charge on any atom is 0.211 e. The fourth-order valence-electron chi connectivity index (χ4n) is 2.68. The van der Waals surface area contributed by atoms with E-state index in [1.165, 1.54) is 32.1 Å². The van der Waals surface area contributed by atoms with Gasteiger partial charge < -0.3 is 5.32 Å². The summed E-state index contributed by atoms with van der Waals surface area (Å²) in [5, 5.41) is 3.22. The van der Waals surface area contributed by atoms with Crippen LogP contribution >= 0.6 is 0 Å². The van der Waals surface area contributed by atoms with Gasteiger partial charge in [-0.05, 0) is 44.7 Å². The van der Waals surface area contributed by atoms with E-state index >= 15 is 0 Å². The first kappa shape index (κ1) is 16.9. The lowest BCUT2D eigenvalue weighted by atomic mass is 10.0. The standard InChI is InChI=1S/C14H30N2O2S/c1-2-10-15-11-6-13-19(17,18)16-12-5-9-14-7-3-4-8-14/h14-16H,2-13H2,1H3. The Kier molecular flexibility index (Phi) is 8.66. The summed E-state index contributed by atoms with van der Waals surface area (Å²) in [5.41, 5.74) is 0. The largest absolute Gasteiger partial charge is 0.317 e. The summed E-state index contributed by atoms with van der Waals surface area (Å²) in [5.74, 6) is 1.09. The molecule has 0 atom stereocenters. The lowest BCUT2D eigenvalue weighted by Gasteiger charge is -2.10. The zero-order valence-corrected chi connectivity index (χ0v) is 13.1. The van der Waals surface area contributed by atoms with Crippen LogP contribution in [0.4, 0.5) is 0 Å². The Morgan fingerprint density at radius 2 is 1.79 bits per heavy atom. The minimum absolute atomic E-state index is 0.243. The van der Waals surface area contributed by atoms with Crippen LogP contribution < -0.4 is 10.0 Å². The van der Waals surface area contributed by atoms with E-state index in [0.29, 0.717) is 13.0 Å². The van der Waals surface area contributed by atoms with Gasteiger partial charge >= 0.3 is 0 Å². The van der Waals surface area contributed by atoms with E-state index in [1.54, 1.807) is 0 Å². The first-order valence-corrected chi connectivity index (χ1v) is 9.47. The van der Waals surface area contributed by atoms with Crippen molar-refractivity contribution < 1.29 is 8.42 Å². The summed E-state index contributed by atoms with van der Waals surface area (Å²) in [6.45, 7) is 4.47. The minimum Gasteiger partial charge on any atom is -0.317 e. The second kappa shape index (κ2) is 9.72. The van der Waals surface area contributed by atoms with Crippen molar-refractivity contribution in [2.75, 3.05) is 25.4 Å². The average molecular weight is 290 g/mol. The van der Waals surface area contributed by atoms with Gasteiger partial charge in [0.05, 0.1) is 5.75 Å². The molecule has 0 aromatic heterocycles. The quantitative estimate of drug-likeness (QED) is 0.574. The van der Waals surface area contributed by atoms with Gasteiger partial charge in [0, 0.05) is 6.54 Å². The predicted octanol–water partition coefficient (Wildman–Crippen LogP) is 2.27. The summed E-state index contributed by atoms with van der Waals surface area (Å²) < 4.78 is 26.2. The van der Waals surface area contributed by atoms with Crippen molar-refractivity contribution in [3.63, 3.8) is 0 Å². The lowest BCUT2D eigenvalue weighted by Crippen LogP contribution is -2.29. The normalized spacial score (nSPS) is 17.1. The number of sulfonamides is 1. The van der Waals surface area contributed by atoms with Crippen molar-refractivity contribution in [1.29, 1.82) is 0 Å². The molecular weight excluding hydrogens is 260 g/mol. The molecule has 1 aliphatic carbocycles. The van der Waals surface area contributed by atoms with E-state index in [0.717, 1.165) is 31.8 Å². The number of hydrogen-bond acceptors (Lipinski definition) is 3. The van der Waals surface area contributed by atoms with E-state index in [-0.39, 0.29) is 5.75 Å². The van der Waals surface area contributed by atoms with Crippen molar-refractivity contribution >= 4 is 10.0 Å². The van der Waals surface area contributed by atoms with Gasteiger partial charge in [-0.25, -0.2) is 13.1 Å². The van der Waals surface area contributed by atoms with Crippen LogP contribution in [0.25, 0.3) is 0 Å². The van der Waals surface area contributed by atoms with Crippen LogP contribution in [0.15, 0.2) is 0 Å². The van der Waals surface area contributed by atoms with E-state index in [1.807, 2.05) is 0 Å². The molecule has 0 saturated heterocycles. The van der Waals surface area contributed by atoms with Crippen LogP contribution in [0.5, 0.6) is 0 Å². The fourth-order valence-corrected chi connectivity index (χ4v) is 3.80. The van der Waals surface area contributed by atoms with Crippen molar-refractivity contribution in [2.24, 2.45) is 5.92 Å². The first-order valence-electron chi connectivity index (χ1n) is 7.82. The average Bonchev–Trinajstić information content (AvgIpc) is 2.87. The van der Waals surface area contributed by atoms with Crippen LogP contribution in [0, 0.1) is 5.92 Å². The van der Waals surface area contributed by atoms with Crippen LogP contribution in [-0.4, -0.2) is 33.8 Å². The monoisotopic (exact) mass is 290 g/mol. The van der Waals surface area contributed by atoms with Crippen molar-refractivity contribution in [3.05, 3.63) is 0 Å². The van der Waals surface area contributed by atoms with Gasteiger partial charge in [0.15, 0.2) is 0 Å². The molecule has 1 aliphatic rings. The molecule has 0 amide bonds. The fraction of sp³-hybridized carbons (Fsp3) is 1.00. The number of hydrogen-bond donors (Lipinski definition) is 2. The van der Waals surface area contributed by atoms with E-state index in [9.17, 15) is 8.42 Å². The van der Waals surface area contributed by atoms with Gasteiger partial charge in [0.1, 0.15) is 0 Å². The highest BCUT2D eigenvalue weighted by Gasteiger charge is 2.15. The molecule has 2 N–H and O–H groups in total. The highest BCUT2D eigenvalue weighted by atomic mass is 32.2. The third-order valence-electron chi connectivity index (χ3n) is 3.78. The van der Waals surface area contributed by atoms with Gasteiger partial charge in [-0.3, -0.25) is 0 Å². The Hall–Kier alpha value is -0.130. The summed E-state index contributed by atoms with van der Waals surface area (Å²) in [6.07, 6.45) is 9.36. The second-order valence-corrected chi connectivity index (χ2v) is 7.54. The first-order chi connectivity index (χ1) is 9.14. The Morgan fingerprint density at radius 1 is 1.05 bits per heavy atom. The molecule has 0 aromatic carbocycles. The Balaban J connectivity index is 1.99.